The average molecular weight is 583 g/mol. The van der Waals surface area contributed by atoms with Crippen LogP contribution in [0.15, 0.2) is 113 Å². The number of esters is 1. The van der Waals surface area contributed by atoms with Crippen molar-refractivity contribution in [3.05, 3.63) is 126 Å². The number of benzene rings is 4. The first-order chi connectivity index (χ1) is 21.6. The molecular weight excluding hydrogens is 552 g/mol. The van der Waals surface area contributed by atoms with Gasteiger partial charge in [-0.3, -0.25) is 0 Å². The molecule has 0 unspecified atom stereocenters. The number of carbonyl (C=O) groups excluding carboxylic acids is 1. The summed E-state index contributed by atoms with van der Waals surface area (Å²) in [5.74, 6) is 2.40. The molecule has 2 aliphatic heterocycles. The summed E-state index contributed by atoms with van der Waals surface area (Å²) >= 11 is 0. The Balaban J connectivity index is 1.43. The number of anilines is 2. The van der Waals surface area contributed by atoms with Crippen LogP contribution >= 0.6 is 0 Å². The van der Waals surface area contributed by atoms with E-state index < -0.39 is 0 Å². The Bertz CT molecular complexity index is 1910. The van der Waals surface area contributed by atoms with Crippen LogP contribution < -0.4 is 15.0 Å². The maximum Gasteiger partial charge on any atom is 0.337 e. The fourth-order valence-electron chi connectivity index (χ4n) is 5.72. The second-order valence-corrected chi connectivity index (χ2v) is 10.4. The Morgan fingerprint density at radius 2 is 1.61 bits per heavy atom. The molecule has 5 aromatic rings. The number of hydrogen-bond acceptors (Lipinski definition) is 8. The number of aliphatic imine (C=N–C) groups is 2. The topological polar surface area (TPSA) is 93.3 Å². The molecule has 0 spiro atoms. The first kappa shape index (κ1) is 27.2. The molecule has 0 amide bonds. The summed E-state index contributed by atoms with van der Waals surface area (Å²) < 4.78 is 12.5. The van der Waals surface area contributed by atoms with Gasteiger partial charge in [0, 0.05) is 11.3 Å². The van der Waals surface area contributed by atoms with Gasteiger partial charge in [-0.15, -0.1) is 0 Å². The van der Waals surface area contributed by atoms with Crippen molar-refractivity contribution in [3.63, 3.8) is 0 Å². The molecule has 9 heteroatoms. The van der Waals surface area contributed by atoms with Crippen molar-refractivity contribution in [1.29, 1.82) is 0 Å². The maximum absolute atomic E-state index is 12.3. The molecule has 0 radical (unpaired) electrons. The average Bonchev–Trinajstić information content (AvgIpc) is 3.40. The SMILES string of the molecule is CCOc1ccc(NC2=Nc3ccccc3N3C2=Nc2c(c(C)nn2-c2ccccc2)[C@@H]3c2ccc(C(=O)OC)cc2)cc1. The van der Waals surface area contributed by atoms with Crippen LogP contribution in [0, 0.1) is 6.92 Å². The van der Waals surface area contributed by atoms with Gasteiger partial charge in [0.1, 0.15) is 5.75 Å². The van der Waals surface area contributed by atoms with Gasteiger partial charge in [0.25, 0.3) is 0 Å². The van der Waals surface area contributed by atoms with Gasteiger partial charge in [0.15, 0.2) is 17.5 Å². The van der Waals surface area contributed by atoms with E-state index in [-0.39, 0.29) is 12.0 Å². The fourth-order valence-corrected chi connectivity index (χ4v) is 5.72. The molecule has 7 rings (SSSR count). The standard InChI is InChI=1S/C35H30N6O3/c1-4-44-27-20-18-25(19-21-27)36-32-34-38-33-30(22(2)39-41(33)26-10-6-5-7-11-26)31(23-14-16-24(17-15-23)35(42)43-3)40(34)29-13-9-8-12-28(29)37-32/h5-21,31H,4H2,1-3H3,(H,36,37)/t31-/m0/s1. The molecule has 0 bridgehead atoms. The number of hydrogen-bond donors (Lipinski definition) is 1. The van der Waals surface area contributed by atoms with Crippen LogP contribution in [-0.2, 0) is 4.74 Å². The van der Waals surface area contributed by atoms with Crippen LogP contribution in [-0.4, -0.2) is 41.1 Å². The van der Waals surface area contributed by atoms with Gasteiger partial charge in [0.2, 0.25) is 0 Å². The predicted octanol–water partition coefficient (Wildman–Crippen LogP) is 7.16. The number of aromatic nitrogens is 2. The number of amidine groups is 2. The van der Waals surface area contributed by atoms with E-state index in [0.29, 0.717) is 23.8 Å². The third-order valence-corrected chi connectivity index (χ3v) is 7.71. The minimum absolute atomic E-state index is 0.310. The van der Waals surface area contributed by atoms with Crippen LogP contribution in [0.1, 0.15) is 40.1 Å². The van der Waals surface area contributed by atoms with E-state index in [1.165, 1.54) is 7.11 Å². The summed E-state index contributed by atoms with van der Waals surface area (Å²) in [4.78, 5) is 24.8. The van der Waals surface area contributed by atoms with Crippen molar-refractivity contribution in [2.75, 3.05) is 23.9 Å². The molecule has 218 valence electrons. The Kier molecular flexibility index (Phi) is 6.90. The fraction of sp³-hybridized carbons (Fsp3) is 0.143. The van der Waals surface area contributed by atoms with E-state index in [0.717, 1.165) is 51.1 Å². The number of nitrogens with zero attached hydrogens (tertiary/aromatic N) is 5. The molecule has 0 saturated heterocycles. The number of para-hydroxylation sites is 3. The number of ether oxygens (including phenoxy) is 2. The number of fused-ring (bicyclic) bond motifs is 4. The van der Waals surface area contributed by atoms with Crippen molar-refractivity contribution in [2.24, 2.45) is 9.98 Å². The van der Waals surface area contributed by atoms with Gasteiger partial charge in [-0.05, 0) is 80.1 Å². The highest BCUT2D eigenvalue weighted by atomic mass is 16.5. The smallest absolute Gasteiger partial charge is 0.337 e. The lowest BCUT2D eigenvalue weighted by molar-refractivity contribution is 0.0600. The largest absolute Gasteiger partial charge is 0.494 e. The summed E-state index contributed by atoms with van der Waals surface area (Å²) in [5.41, 5.74) is 6.77. The summed E-state index contributed by atoms with van der Waals surface area (Å²) in [6, 6.07) is 33.0. The highest BCUT2D eigenvalue weighted by molar-refractivity contribution is 6.51. The van der Waals surface area contributed by atoms with Gasteiger partial charge in [-0.1, -0.05) is 42.5 Å². The number of methoxy groups -OCH3 is 1. The Labute approximate surface area is 255 Å². The van der Waals surface area contributed by atoms with Crippen LogP contribution in [0.2, 0.25) is 0 Å². The molecule has 4 aromatic carbocycles. The number of carbonyl (C=O) groups is 1. The second kappa shape index (κ2) is 11.2. The Morgan fingerprint density at radius 3 is 2.34 bits per heavy atom. The minimum atomic E-state index is -0.381. The zero-order chi connectivity index (χ0) is 30.2. The zero-order valence-corrected chi connectivity index (χ0v) is 24.6. The third kappa shape index (κ3) is 4.68. The predicted molar refractivity (Wildman–Crippen MR) is 172 cm³/mol. The number of aryl methyl sites for hydroxylation is 1. The lowest BCUT2D eigenvalue weighted by atomic mass is 9.92. The normalized spacial score (nSPS) is 14.9. The highest BCUT2D eigenvalue weighted by Crippen LogP contribution is 2.48. The molecule has 1 aromatic heterocycles. The van der Waals surface area contributed by atoms with Crippen molar-refractivity contribution in [3.8, 4) is 11.4 Å². The van der Waals surface area contributed by atoms with Crippen LogP contribution in [0.5, 0.6) is 5.75 Å². The molecule has 9 nitrogen and oxygen atoms in total. The van der Waals surface area contributed by atoms with E-state index in [1.54, 1.807) is 12.1 Å². The zero-order valence-electron chi connectivity index (χ0n) is 24.6. The molecule has 0 fully saturated rings. The summed E-state index contributed by atoms with van der Waals surface area (Å²) in [7, 11) is 1.39. The van der Waals surface area contributed by atoms with Gasteiger partial charge < -0.3 is 19.7 Å². The first-order valence-corrected chi connectivity index (χ1v) is 14.4. The van der Waals surface area contributed by atoms with Crippen LogP contribution in [0.25, 0.3) is 5.69 Å². The van der Waals surface area contributed by atoms with Gasteiger partial charge >= 0.3 is 5.97 Å². The molecule has 44 heavy (non-hydrogen) atoms. The van der Waals surface area contributed by atoms with E-state index in [2.05, 4.69) is 16.3 Å². The molecule has 0 saturated carbocycles. The Hall–Kier alpha value is -5.70. The Morgan fingerprint density at radius 1 is 0.886 bits per heavy atom. The van der Waals surface area contributed by atoms with Crippen molar-refractivity contribution in [1.82, 2.24) is 9.78 Å². The number of rotatable bonds is 6. The second-order valence-electron chi connectivity index (χ2n) is 10.4. The van der Waals surface area contributed by atoms with E-state index >= 15 is 0 Å². The number of nitrogens with one attached hydrogen (secondary N) is 1. The van der Waals surface area contributed by atoms with E-state index in [1.807, 2.05) is 103 Å². The van der Waals surface area contributed by atoms with Gasteiger partial charge in [-0.2, -0.15) is 5.10 Å². The molecule has 1 atom stereocenters. The monoisotopic (exact) mass is 582 g/mol. The van der Waals surface area contributed by atoms with Gasteiger partial charge in [0.05, 0.1) is 48.1 Å². The molecule has 3 heterocycles. The van der Waals surface area contributed by atoms with E-state index in [4.69, 9.17) is 24.6 Å². The minimum Gasteiger partial charge on any atom is -0.494 e. The molecular formula is C35H30N6O3. The highest BCUT2D eigenvalue weighted by Gasteiger charge is 2.41. The van der Waals surface area contributed by atoms with Crippen LogP contribution in [0.4, 0.5) is 22.9 Å². The first-order valence-electron chi connectivity index (χ1n) is 14.4. The summed E-state index contributed by atoms with van der Waals surface area (Å²) in [6.07, 6.45) is 0. The molecule has 0 aliphatic carbocycles. The van der Waals surface area contributed by atoms with Crippen LogP contribution in [0.3, 0.4) is 0 Å². The van der Waals surface area contributed by atoms with Crippen molar-refractivity contribution in [2.45, 2.75) is 19.9 Å². The third-order valence-electron chi connectivity index (χ3n) is 7.71. The lowest BCUT2D eigenvalue weighted by Gasteiger charge is -2.40. The maximum atomic E-state index is 12.3. The quantitative estimate of drug-likeness (QED) is 0.214. The van der Waals surface area contributed by atoms with Gasteiger partial charge in [-0.25, -0.2) is 19.5 Å². The molecule has 1 N–H and O–H groups in total. The van der Waals surface area contributed by atoms with E-state index in [9.17, 15) is 4.79 Å². The molecule has 2 aliphatic rings. The summed E-state index contributed by atoms with van der Waals surface area (Å²) in [5, 5.41) is 8.50. The lowest BCUT2D eigenvalue weighted by Crippen LogP contribution is -2.46. The van der Waals surface area contributed by atoms with Crippen molar-refractivity contribution < 1.29 is 14.3 Å². The summed E-state index contributed by atoms with van der Waals surface area (Å²) in [6.45, 7) is 4.57. The van der Waals surface area contributed by atoms with Crippen molar-refractivity contribution >= 4 is 40.5 Å².